The normalized spacial score (nSPS) is 10.7. The molecule has 1 aromatic heterocycles. The molecule has 0 amide bonds. The van der Waals surface area contributed by atoms with E-state index in [2.05, 4.69) is 9.72 Å². The number of nitrogens with two attached hydrogens (primary N) is 2. The largest absolute Gasteiger partial charge is 0.475 e. The van der Waals surface area contributed by atoms with Gasteiger partial charge >= 0.3 is 6.61 Å². The van der Waals surface area contributed by atoms with Crippen LogP contribution < -0.4 is 16.2 Å². The Kier molecular flexibility index (Phi) is 4.78. The Morgan fingerprint density at radius 3 is 2.67 bits per heavy atom. The Labute approximate surface area is 102 Å². The zero-order valence-corrected chi connectivity index (χ0v) is 9.65. The highest BCUT2D eigenvalue weighted by Gasteiger charge is 2.13. The highest BCUT2D eigenvalue weighted by atomic mass is 19.3. The Morgan fingerprint density at radius 1 is 1.44 bits per heavy atom. The molecule has 0 aliphatic carbocycles. The summed E-state index contributed by atoms with van der Waals surface area (Å²) in [4.78, 5) is 15.1. The van der Waals surface area contributed by atoms with Crippen LogP contribution in [0.1, 0.15) is 17.3 Å². The Bertz CT molecular complexity index is 441. The van der Waals surface area contributed by atoms with Gasteiger partial charge in [0.2, 0.25) is 5.88 Å². The Hall–Kier alpha value is -1.96. The van der Waals surface area contributed by atoms with E-state index in [-0.39, 0.29) is 41.9 Å². The molecule has 0 bridgehead atoms. The van der Waals surface area contributed by atoms with Crippen molar-refractivity contribution in [3.05, 3.63) is 11.6 Å². The summed E-state index contributed by atoms with van der Waals surface area (Å²) in [6, 6.07) is 1.33. The number of carbonyl (C=O) groups excluding carboxylic acids is 1. The number of ether oxygens (including phenoxy) is 2. The van der Waals surface area contributed by atoms with Crippen LogP contribution in [0.25, 0.3) is 0 Å². The van der Waals surface area contributed by atoms with E-state index in [4.69, 9.17) is 16.2 Å². The number of ketones is 1. The summed E-state index contributed by atoms with van der Waals surface area (Å²) in [5.41, 5.74) is 11.3. The molecule has 18 heavy (non-hydrogen) atoms. The predicted octanol–water partition coefficient (Wildman–Crippen LogP) is 1.07. The molecule has 0 fully saturated rings. The number of anilines is 2. The molecule has 8 heteroatoms. The van der Waals surface area contributed by atoms with E-state index in [1.807, 2.05) is 0 Å². The van der Waals surface area contributed by atoms with Crippen molar-refractivity contribution in [1.82, 2.24) is 4.98 Å². The SMILES string of the molecule is CC(=O)c1cc(N)c(N)nc1OCCOC(F)F. The second-order valence-corrected chi connectivity index (χ2v) is 3.35. The van der Waals surface area contributed by atoms with Crippen molar-refractivity contribution in [2.24, 2.45) is 0 Å². The van der Waals surface area contributed by atoms with Crippen LogP contribution in [0.2, 0.25) is 0 Å². The lowest BCUT2D eigenvalue weighted by Crippen LogP contribution is -2.13. The molecule has 0 aromatic carbocycles. The van der Waals surface area contributed by atoms with Crippen LogP contribution in [0.3, 0.4) is 0 Å². The number of rotatable bonds is 6. The number of pyridine rings is 1. The average molecular weight is 261 g/mol. The van der Waals surface area contributed by atoms with E-state index in [1.54, 1.807) is 0 Å². The summed E-state index contributed by atoms with van der Waals surface area (Å²) in [6.07, 6.45) is 0. The van der Waals surface area contributed by atoms with Gasteiger partial charge in [0.15, 0.2) is 11.6 Å². The molecule has 1 rings (SSSR count). The lowest BCUT2D eigenvalue weighted by Gasteiger charge is -2.10. The first-order valence-corrected chi connectivity index (χ1v) is 5.01. The average Bonchev–Trinajstić information content (AvgIpc) is 2.28. The quantitative estimate of drug-likeness (QED) is 0.586. The predicted molar refractivity (Wildman–Crippen MR) is 60.5 cm³/mol. The van der Waals surface area contributed by atoms with Gasteiger partial charge in [-0.2, -0.15) is 13.8 Å². The van der Waals surface area contributed by atoms with E-state index in [1.165, 1.54) is 13.0 Å². The molecule has 0 aliphatic heterocycles. The molecular formula is C10H13F2N3O3. The number of alkyl halides is 2. The summed E-state index contributed by atoms with van der Waals surface area (Å²) >= 11 is 0. The number of halogens is 2. The smallest absolute Gasteiger partial charge is 0.345 e. The van der Waals surface area contributed by atoms with Crippen LogP contribution in [0.5, 0.6) is 5.88 Å². The summed E-state index contributed by atoms with van der Waals surface area (Å²) in [5.74, 6) is -0.365. The van der Waals surface area contributed by atoms with Gasteiger partial charge in [0.05, 0.1) is 17.9 Å². The topological polar surface area (TPSA) is 100 Å². The van der Waals surface area contributed by atoms with Crippen LogP contribution in [0.4, 0.5) is 20.3 Å². The maximum Gasteiger partial charge on any atom is 0.345 e. The Morgan fingerprint density at radius 2 is 2.11 bits per heavy atom. The molecule has 4 N–H and O–H groups in total. The van der Waals surface area contributed by atoms with E-state index in [0.717, 1.165) is 0 Å². The number of nitrogens with zero attached hydrogens (tertiary/aromatic N) is 1. The Balaban J connectivity index is 2.74. The van der Waals surface area contributed by atoms with Crippen molar-refractivity contribution in [2.75, 3.05) is 24.7 Å². The molecule has 0 saturated heterocycles. The standard InChI is InChI=1S/C10H13F2N3O3/c1-5(16)6-4-7(13)8(14)15-9(6)17-2-3-18-10(11)12/h4,10H,2-3,13H2,1H3,(H2,14,15). The second kappa shape index (κ2) is 6.10. The van der Waals surface area contributed by atoms with Crippen molar-refractivity contribution >= 4 is 17.3 Å². The lowest BCUT2D eigenvalue weighted by atomic mass is 10.2. The second-order valence-electron chi connectivity index (χ2n) is 3.35. The van der Waals surface area contributed by atoms with Crippen molar-refractivity contribution in [3.8, 4) is 5.88 Å². The van der Waals surface area contributed by atoms with Gasteiger partial charge in [0, 0.05) is 0 Å². The minimum atomic E-state index is -2.87. The number of Topliss-reactive ketones (excluding diaryl/α,β-unsaturated/α-hetero) is 1. The fourth-order valence-corrected chi connectivity index (χ4v) is 1.16. The monoisotopic (exact) mass is 261 g/mol. The highest BCUT2D eigenvalue weighted by molar-refractivity contribution is 5.97. The summed E-state index contributed by atoms with van der Waals surface area (Å²) in [5, 5.41) is 0. The van der Waals surface area contributed by atoms with E-state index in [0.29, 0.717) is 0 Å². The van der Waals surface area contributed by atoms with Gasteiger partial charge < -0.3 is 20.9 Å². The highest BCUT2D eigenvalue weighted by Crippen LogP contribution is 2.23. The van der Waals surface area contributed by atoms with Crippen molar-refractivity contribution in [3.63, 3.8) is 0 Å². The molecule has 0 atom stereocenters. The van der Waals surface area contributed by atoms with Crippen molar-refractivity contribution in [1.29, 1.82) is 0 Å². The van der Waals surface area contributed by atoms with Crippen LogP contribution in [-0.2, 0) is 4.74 Å². The van der Waals surface area contributed by atoms with Crippen molar-refractivity contribution in [2.45, 2.75) is 13.5 Å². The van der Waals surface area contributed by atoms with Gasteiger partial charge in [-0.3, -0.25) is 4.79 Å². The van der Waals surface area contributed by atoms with Gasteiger partial charge in [-0.1, -0.05) is 0 Å². The minimum absolute atomic E-state index is 0.00442. The summed E-state index contributed by atoms with van der Waals surface area (Å²) in [7, 11) is 0. The number of aromatic nitrogens is 1. The minimum Gasteiger partial charge on any atom is -0.475 e. The van der Waals surface area contributed by atoms with Gasteiger partial charge in [0.1, 0.15) is 6.61 Å². The lowest BCUT2D eigenvalue weighted by molar-refractivity contribution is -0.133. The third-order valence-electron chi connectivity index (χ3n) is 1.99. The number of hydrogen-bond acceptors (Lipinski definition) is 6. The molecule has 100 valence electrons. The van der Waals surface area contributed by atoms with Crippen molar-refractivity contribution < 1.29 is 23.0 Å². The molecule has 0 radical (unpaired) electrons. The molecule has 6 nitrogen and oxygen atoms in total. The zero-order chi connectivity index (χ0) is 13.7. The number of hydrogen-bond donors (Lipinski definition) is 2. The molecule has 0 aliphatic rings. The molecule has 0 saturated carbocycles. The molecule has 1 heterocycles. The van der Waals surface area contributed by atoms with Gasteiger partial charge in [-0.05, 0) is 13.0 Å². The summed E-state index contributed by atoms with van der Waals surface area (Å²) < 4.78 is 32.5. The molecule has 1 aromatic rings. The van der Waals surface area contributed by atoms with E-state index >= 15 is 0 Å². The zero-order valence-electron chi connectivity index (χ0n) is 9.65. The van der Waals surface area contributed by atoms with Gasteiger partial charge in [-0.15, -0.1) is 0 Å². The van der Waals surface area contributed by atoms with Gasteiger partial charge in [-0.25, -0.2) is 0 Å². The van der Waals surface area contributed by atoms with Crippen LogP contribution >= 0.6 is 0 Å². The number of carbonyl (C=O) groups is 1. The van der Waals surface area contributed by atoms with Crippen LogP contribution in [0, 0.1) is 0 Å². The summed E-state index contributed by atoms with van der Waals surface area (Å²) in [6.45, 7) is -2.08. The number of nitrogen functional groups attached to an aromatic ring is 2. The van der Waals surface area contributed by atoms with Crippen LogP contribution in [0.15, 0.2) is 6.07 Å². The first-order valence-electron chi connectivity index (χ1n) is 5.01. The first kappa shape index (κ1) is 14.1. The molecular weight excluding hydrogens is 248 g/mol. The third kappa shape index (κ3) is 3.81. The fourth-order valence-electron chi connectivity index (χ4n) is 1.16. The fraction of sp³-hybridized carbons (Fsp3) is 0.400. The maximum absolute atomic E-state index is 11.7. The van der Waals surface area contributed by atoms with Crippen LogP contribution in [-0.4, -0.2) is 30.6 Å². The first-order chi connectivity index (χ1) is 8.41. The van der Waals surface area contributed by atoms with Gasteiger partial charge in [0.25, 0.3) is 0 Å². The third-order valence-corrected chi connectivity index (χ3v) is 1.99. The van der Waals surface area contributed by atoms with E-state index < -0.39 is 6.61 Å². The molecule has 0 unspecified atom stereocenters. The van der Waals surface area contributed by atoms with E-state index in [9.17, 15) is 13.6 Å². The maximum atomic E-state index is 11.7. The molecule has 0 spiro atoms.